The number of anilines is 2. The predicted octanol–water partition coefficient (Wildman–Crippen LogP) is 3.19. The fourth-order valence-electron chi connectivity index (χ4n) is 2.25. The van der Waals surface area contributed by atoms with Gasteiger partial charge in [0.2, 0.25) is 5.91 Å². The first kappa shape index (κ1) is 15.9. The molecular weight excluding hydrogens is 304 g/mol. The highest BCUT2D eigenvalue weighted by Crippen LogP contribution is 2.30. The molecule has 1 heterocycles. The molecule has 0 radical (unpaired) electrons. The summed E-state index contributed by atoms with van der Waals surface area (Å²) in [4.78, 5) is 11.4. The number of H-pyrrole nitrogens is 1. The second kappa shape index (κ2) is 7.04. The van der Waals surface area contributed by atoms with Crippen molar-refractivity contribution in [3.63, 3.8) is 0 Å². The van der Waals surface area contributed by atoms with E-state index in [4.69, 9.17) is 10.5 Å². The Balaban J connectivity index is 0.000000149. The normalized spacial score (nSPS) is 13.0. The molecular formula is C18H20N4O2. The number of carbonyl (C=O) groups excluding carboxylic acids is 1. The molecule has 1 saturated carbocycles. The molecule has 3 aromatic rings. The zero-order valence-corrected chi connectivity index (χ0v) is 13.5. The number of nitrogens with zero attached hydrogens (tertiary/aromatic N) is 1. The first-order valence-corrected chi connectivity index (χ1v) is 7.81. The Labute approximate surface area is 140 Å². The topological polar surface area (TPSA) is 93.0 Å². The minimum atomic E-state index is 0.134. The van der Waals surface area contributed by atoms with Crippen LogP contribution in [-0.2, 0) is 4.79 Å². The summed E-state index contributed by atoms with van der Waals surface area (Å²) < 4.78 is 5.02. The lowest BCUT2D eigenvalue weighted by Gasteiger charge is -2.04. The number of aromatic nitrogens is 2. The monoisotopic (exact) mass is 324 g/mol. The van der Waals surface area contributed by atoms with Crippen LogP contribution in [0, 0.1) is 5.92 Å². The van der Waals surface area contributed by atoms with Gasteiger partial charge in [0.25, 0.3) is 0 Å². The second-order valence-electron chi connectivity index (χ2n) is 5.65. The van der Waals surface area contributed by atoms with Crippen molar-refractivity contribution in [3.05, 3.63) is 48.5 Å². The zero-order valence-electron chi connectivity index (χ0n) is 13.5. The van der Waals surface area contributed by atoms with Crippen molar-refractivity contribution in [3.8, 4) is 5.75 Å². The molecule has 0 bridgehead atoms. The lowest BCUT2D eigenvalue weighted by Crippen LogP contribution is -2.12. The summed E-state index contributed by atoms with van der Waals surface area (Å²) in [7, 11) is 1.62. The number of hydrogen-bond donors (Lipinski definition) is 3. The van der Waals surface area contributed by atoms with Crippen molar-refractivity contribution in [2.45, 2.75) is 12.8 Å². The van der Waals surface area contributed by atoms with Gasteiger partial charge in [-0.15, -0.1) is 0 Å². The minimum absolute atomic E-state index is 0.134. The predicted molar refractivity (Wildman–Crippen MR) is 94.9 cm³/mol. The molecule has 0 saturated heterocycles. The van der Waals surface area contributed by atoms with Crippen molar-refractivity contribution in [2.75, 3.05) is 18.2 Å². The Hall–Kier alpha value is -3.02. The Morgan fingerprint density at radius 2 is 1.92 bits per heavy atom. The van der Waals surface area contributed by atoms with Crippen LogP contribution >= 0.6 is 0 Å². The highest BCUT2D eigenvalue weighted by Gasteiger charge is 2.29. The molecule has 1 aromatic heterocycles. The smallest absolute Gasteiger partial charge is 0.227 e. The molecule has 1 aliphatic rings. The summed E-state index contributed by atoms with van der Waals surface area (Å²) in [5.41, 5.74) is 7.36. The number of para-hydroxylation sites is 1. The van der Waals surface area contributed by atoms with Gasteiger partial charge in [-0.1, -0.05) is 12.1 Å². The van der Waals surface area contributed by atoms with Gasteiger partial charge >= 0.3 is 0 Å². The van der Waals surface area contributed by atoms with Gasteiger partial charge in [-0.25, -0.2) is 0 Å². The van der Waals surface area contributed by atoms with E-state index < -0.39 is 0 Å². The summed E-state index contributed by atoms with van der Waals surface area (Å²) in [6, 6.07) is 15.1. The van der Waals surface area contributed by atoms with E-state index >= 15 is 0 Å². The van der Waals surface area contributed by atoms with E-state index in [-0.39, 0.29) is 11.8 Å². The SMILES string of the molecule is COc1ccc(NC(=O)C2CC2)cc1.Nc1n[nH]c2ccccc12. The molecule has 124 valence electrons. The summed E-state index contributed by atoms with van der Waals surface area (Å²) >= 11 is 0. The number of nitrogens with two attached hydrogens (primary N) is 1. The van der Waals surface area contributed by atoms with Gasteiger partial charge in [0.1, 0.15) is 5.75 Å². The molecule has 1 amide bonds. The van der Waals surface area contributed by atoms with Gasteiger partial charge in [-0.05, 0) is 49.2 Å². The number of nitrogens with one attached hydrogen (secondary N) is 2. The van der Waals surface area contributed by atoms with Crippen molar-refractivity contribution < 1.29 is 9.53 Å². The maximum absolute atomic E-state index is 11.4. The number of carbonyl (C=O) groups is 1. The summed E-state index contributed by atoms with van der Waals surface area (Å²) in [5, 5.41) is 10.5. The van der Waals surface area contributed by atoms with E-state index in [0.717, 1.165) is 35.2 Å². The molecule has 4 N–H and O–H groups in total. The third-order valence-corrected chi connectivity index (χ3v) is 3.81. The third kappa shape index (κ3) is 3.84. The first-order chi connectivity index (χ1) is 11.7. The van der Waals surface area contributed by atoms with Crippen LogP contribution in [0.5, 0.6) is 5.75 Å². The molecule has 2 aromatic carbocycles. The van der Waals surface area contributed by atoms with Crippen LogP contribution in [-0.4, -0.2) is 23.2 Å². The van der Waals surface area contributed by atoms with E-state index in [9.17, 15) is 4.79 Å². The molecule has 6 nitrogen and oxygen atoms in total. The molecule has 1 aliphatic carbocycles. The maximum Gasteiger partial charge on any atom is 0.227 e. The molecule has 6 heteroatoms. The largest absolute Gasteiger partial charge is 0.497 e. The lowest BCUT2D eigenvalue weighted by atomic mass is 10.2. The standard InChI is InChI=1S/C11H13NO2.C7H7N3/c1-14-10-6-4-9(5-7-10)12-11(13)8-2-3-8;8-7-5-3-1-2-4-6(5)9-10-7/h4-8H,2-3H2,1H3,(H,12,13);1-4H,(H3,8,9,10). The van der Waals surface area contributed by atoms with Gasteiger partial charge in [0.15, 0.2) is 5.82 Å². The molecule has 24 heavy (non-hydrogen) atoms. The van der Waals surface area contributed by atoms with Crippen LogP contribution < -0.4 is 15.8 Å². The minimum Gasteiger partial charge on any atom is -0.497 e. The van der Waals surface area contributed by atoms with Crippen molar-refractivity contribution in [1.29, 1.82) is 0 Å². The van der Waals surface area contributed by atoms with E-state index in [1.807, 2.05) is 48.5 Å². The van der Waals surface area contributed by atoms with Crippen LogP contribution in [0.25, 0.3) is 10.9 Å². The first-order valence-electron chi connectivity index (χ1n) is 7.81. The van der Waals surface area contributed by atoms with Crippen LogP contribution in [0.15, 0.2) is 48.5 Å². The third-order valence-electron chi connectivity index (χ3n) is 3.81. The van der Waals surface area contributed by atoms with E-state index in [0.29, 0.717) is 5.82 Å². The molecule has 0 unspecified atom stereocenters. The zero-order chi connectivity index (χ0) is 16.9. The van der Waals surface area contributed by atoms with Crippen LogP contribution in [0.4, 0.5) is 11.5 Å². The number of methoxy groups -OCH3 is 1. The fourth-order valence-corrected chi connectivity index (χ4v) is 2.25. The van der Waals surface area contributed by atoms with Crippen molar-refractivity contribution >= 4 is 28.3 Å². The highest BCUT2D eigenvalue weighted by atomic mass is 16.5. The quantitative estimate of drug-likeness (QED) is 0.690. The van der Waals surface area contributed by atoms with Gasteiger partial charge in [-0.2, -0.15) is 5.10 Å². The number of hydrogen-bond acceptors (Lipinski definition) is 4. The number of amides is 1. The Kier molecular flexibility index (Phi) is 4.65. The van der Waals surface area contributed by atoms with E-state index in [1.165, 1.54) is 0 Å². The maximum atomic E-state index is 11.4. The van der Waals surface area contributed by atoms with Gasteiger partial charge in [0, 0.05) is 17.0 Å². The van der Waals surface area contributed by atoms with E-state index in [2.05, 4.69) is 15.5 Å². The van der Waals surface area contributed by atoms with E-state index in [1.54, 1.807) is 7.11 Å². The van der Waals surface area contributed by atoms with Crippen molar-refractivity contribution in [1.82, 2.24) is 10.2 Å². The highest BCUT2D eigenvalue weighted by molar-refractivity contribution is 5.94. The van der Waals surface area contributed by atoms with Crippen LogP contribution in [0.2, 0.25) is 0 Å². The Morgan fingerprint density at radius 1 is 1.21 bits per heavy atom. The van der Waals surface area contributed by atoms with Gasteiger partial charge < -0.3 is 15.8 Å². The number of fused-ring (bicyclic) bond motifs is 1. The summed E-state index contributed by atoms with van der Waals surface area (Å²) in [6.45, 7) is 0. The Bertz CT molecular complexity index is 822. The summed E-state index contributed by atoms with van der Waals surface area (Å²) in [6.07, 6.45) is 2.06. The lowest BCUT2D eigenvalue weighted by molar-refractivity contribution is -0.117. The number of rotatable bonds is 3. The van der Waals surface area contributed by atoms with Crippen molar-refractivity contribution in [2.24, 2.45) is 5.92 Å². The number of nitrogen functional groups attached to an aromatic ring is 1. The van der Waals surface area contributed by atoms with Crippen LogP contribution in [0.3, 0.4) is 0 Å². The number of aromatic amines is 1. The second-order valence-corrected chi connectivity index (χ2v) is 5.65. The van der Waals surface area contributed by atoms with Gasteiger partial charge in [-0.3, -0.25) is 9.89 Å². The fraction of sp³-hybridized carbons (Fsp3) is 0.222. The average Bonchev–Trinajstić information content (AvgIpc) is 3.41. The number of benzene rings is 2. The molecule has 0 atom stereocenters. The Morgan fingerprint density at radius 3 is 2.54 bits per heavy atom. The molecule has 4 rings (SSSR count). The van der Waals surface area contributed by atoms with Crippen LogP contribution in [0.1, 0.15) is 12.8 Å². The average molecular weight is 324 g/mol. The molecule has 1 fully saturated rings. The molecule has 0 aliphatic heterocycles. The number of ether oxygens (including phenoxy) is 1. The molecule has 0 spiro atoms. The van der Waals surface area contributed by atoms with Gasteiger partial charge in [0.05, 0.1) is 12.6 Å². The summed E-state index contributed by atoms with van der Waals surface area (Å²) in [5.74, 6) is 1.75.